The van der Waals surface area contributed by atoms with Gasteiger partial charge in [-0.15, -0.1) is 0 Å². The van der Waals surface area contributed by atoms with Gasteiger partial charge in [-0.25, -0.2) is 4.79 Å². The van der Waals surface area contributed by atoms with E-state index in [0.717, 1.165) is 43.7 Å². The number of benzene rings is 1. The number of aromatic nitrogens is 2. The third-order valence-corrected chi connectivity index (χ3v) is 4.81. The van der Waals surface area contributed by atoms with Crippen molar-refractivity contribution in [1.29, 1.82) is 0 Å². The first kappa shape index (κ1) is 19.2. The van der Waals surface area contributed by atoms with Crippen LogP contribution in [0.3, 0.4) is 0 Å². The Kier molecular flexibility index (Phi) is 6.68. The van der Waals surface area contributed by atoms with E-state index in [1.54, 1.807) is 0 Å². The van der Waals surface area contributed by atoms with Crippen LogP contribution in [-0.4, -0.2) is 47.3 Å². The Morgan fingerprint density at radius 2 is 2.26 bits per heavy atom. The van der Waals surface area contributed by atoms with Crippen LogP contribution >= 0.6 is 0 Å². The Balaban J connectivity index is 1.41. The Morgan fingerprint density at radius 3 is 3.04 bits per heavy atom. The molecule has 0 spiro atoms. The molecule has 2 heterocycles. The molecule has 0 saturated carbocycles. The molecule has 1 aliphatic heterocycles. The molecule has 1 fully saturated rings. The van der Waals surface area contributed by atoms with Crippen LogP contribution in [0.25, 0.3) is 0 Å². The van der Waals surface area contributed by atoms with E-state index < -0.39 is 0 Å². The summed E-state index contributed by atoms with van der Waals surface area (Å²) in [6.07, 6.45) is 3.38. The SMILES string of the molecule is CCc1nc(CCNC(=O)N2CCC[C@@H](COc3ccccc3C)C2)no1. The summed E-state index contributed by atoms with van der Waals surface area (Å²) in [5.74, 6) is 2.54. The van der Waals surface area contributed by atoms with Gasteiger partial charge in [0.25, 0.3) is 0 Å². The number of aryl methyl sites for hydroxylation is 2. The molecule has 1 atom stereocenters. The first-order valence-corrected chi connectivity index (χ1v) is 9.68. The lowest BCUT2D eigenvalue weighted by molar-refractivity contribution is 0.137. The lowest BCUT2D eigenvalue weighted by atomic mass is 9.99. The summed E-state index contributed by atoms with van der Waals surface area (Å²) in [5.41, 5.74) is 1.13. The highest BCUT2D eigenvalue weighted by Gasteiger charge is 2.24. The van der Waals surface area contributed by atoms with Gasteiger partial charge in [0.1, 0.15) is 5.75 Å². The van der Waals surface area contributed by atoms with Gasteiger partial charge in [-0.05, 0) is 31.4 Å². The number of nitrogens with one attached hydrogen (secondary N) is 1. The minimum absolute atomic E-state index is 0.0326. The molecule has 146 valence electrons. The number of carbonyl (C=O) groups excluding carboxylic acids is 1. The summed E-state index contributed by atoms with van der Waals surface area (Å²) in [4.78, 5) is 18.6. The number of likely N-dealkylation sites (tertiary alicyclic amines) is 1. The summed E-state index contributed by atoms with van der Waals surface area (Å²) in [7, 11) is 0. The van der Waals surface area contributed by atoms with Crippen LogP contribution in [0.15, 0.2) is 28.8 Å². The molecule has 7 heteroatoms. The zero-order valence-electron chi connectivity index (χ0n) is 16.1. The van der Waals surface area contributed by atoms with Gasteiger partial charge < -0.3 is 19.5 Å². The smallest absolute Gasteiger partial charge is 0.317 e. The van der Waals surface area contributed by atoms with E-state index >= 15 is 0 Å². The fourth-order valence-corrected chi connectivity index (χ4v) is 3.24. The average molecular weight is 372 g/mol. The normalized spacial score (nSPS) is 17.0. The molecule has 0 bridgehead atoms. The average Bonchev–Trinajstić information content (AvgIpc) is 3.15. The van der Waals surface area contributed by atoms with Crippen molar-refractivity contribution in [3.63, 3.8) is 0 Å². The number of rotatable bonds is 7. The summed E-state index contributed by atoms with van der Waals surface area (Å²) in [5, 5.41) is 6.86. The minimum atomic E-state index is -0.0326. The topological polar surface area (TPSA) is 80.5 Å². The molecule has 1 N–H and O–H groups in total. The molecule has 1 aromatic carbocycles. The maximum absolute atomic E-state index is 12.4. The second-order valence-corrected chi connectivity index (χ2v) is 6.97. The van der Waals surface area contributed by atoms with Gasteiger partial charge in [0.05, 0.1) is 6.61 Å². The number of amides is 2. The van der Waals surface area contributed by atoms with E-state index in [1.165, 1.54) is 0 Å². The van der Waals surface area contributed by atoms with E-state index in [0.29, 0.717) is 37.2 Å². The van der Waals surface area contributed by atoms with Crippen molar-refractivity contribution in [2.75, 3.05) is 26.2 Å². The Labute approximate surface area is 160 Å². The van der Waals surface area contributed by atoms with Crippen molar-refractivity contribution >= 4 is 6.03 Å². The third-order valence-electron chi connectivity index (χ3n) is 4.81. The number of para-hydroxylation sites is 1. The molecule has 1 aliphatic rings. The summed E-state index contributed by atoms with van der Waals surface area (Å²) in [6.45, 7) is 6.66. The Bertz CT molecular complexity index is 746. The van der Waals surface area contributed by atoms with Gasteiger partial charge in [-0.3, -0.25) is 0 Å². The molecular weight excluding hydrogens is 344 g/mol. The Morgan fingerprint density at radius 1 is 1.41 bits per heavy atom. The number of ether oxygens (including phenoxy) is 1. The number of carbonyl (C=O) groups is 1. The fraction of sp³-hybridized carbons (Fsp3) is 0.550. The van der Waals surface area contributed by atoms with Gasteiger partial charge in [0, 0.05) is 38.4 Å². The van der Waals surface area contributed by atoms with Crippen molar-refractivity contribution in [3.8, 4) is 5.75 Å². The van der Waals surface area contributed by atoms with Gasteiger partial charge in [-0.2, -0.15) is 4.98 Å². The van der Waals surface area contributed by atoms with Gasteiger partial charge >= 0.3 is 6.03 Å². The zero-order chi connectivity index (χ0) is 19.1. The number of piperidine rings is 1. The van der Waals surface area contributed by atoms with E-state index in [1.807, 2.05) is 43.0 Å². The lowest BCUT2D eigenvalue weighted by Gasteiger charge is -2.32. The van der Waals surface area contributed by atoms with E-state index in [-0.39, 0.29) is 6.03 Å². The first-order chi connectivity index (χ1) is 13.2. The monoisotopic (exact) mass is 372 g/mol. The van der Waals surface area contributed by atoms with Crippen molar-refractivity contribution in [1.82, 2.24) is 20.4 Å². The molecule has 2 amide bonds. The number of urea groups is 1. The van der Waals surface area contributed by atoms with E-state index in [9.17, 15) is 4.79 Å². The molecule has 2 aromatic rings. The first-order valence-electron chi connectivity index (χ1n) is 9.68. The number of nitrogens with zero attached hydrogens (tertiary/aromatic N) is 3. The summed E-state index contributed by atoms with van der Waals surface area (Å²) in [6, 6.07) is 7.99. The summed E-state index contributed by atoms with van der Waals surface area (Å²) >= 11 is 0. The predicted molar refractivity (Wildman–Crippen MR) is 102 cm³/mol. The van der Waals surface area contributed by atoms with Crippen LogP contribution < -0.4 is 10.1 Å². The van der Waals surface area contributed by atoms with Gasteiger partial charge in [0.15, 0.2) is 5.82 Å². The largest absolute Gasteiger partial charge is 0.493 e. The molecule has 3 rings (SSSR count). The molecule has 0 radical (unpaired) electrons. The standard InChI is InChI=1S/C20H28N4O3/c1-3-19-22-18(23-27-19)10-11-21-20(25)24-12-6-8-16(13-24)14-26-17-9-5-4-7-15(17)2/h4-5,7,9,16H,3,6,8,10-14H2,1-2H3,(H,21,25)/t16-/m1/s1. The number of hydrogen-bond donors (Lipinski definition) is 1. The molecule has 27 heavy (non-hydrogen) atoms. The zero-order valence-corrected chi connectivity index (χ0v) is 16.1. The lowest BCUT2D eigenvalue weighted by Crippen LogP contribution is -2.47. The van der Waals surface area contributed by atoms with Crippen LogP contribution in [0.1, 0.15) is 37.0 Å². The molecule has 0 unspecified atom stereocenters. The highest BCUT2D eigenvalue weighted by molar-refractivity contribution is 5.74. The highest BCUT2D eigenvalue weighted by Crippen LogP contribution is 2.21. The third kappa shape index (κ3) is 5.45. The molecule has 0 aliphatic carbocycles. The predicted octanol–water partition coefficient (Wildman–Crippen LogP) is 2.98. The van der Waals surface area contributed by atoms with Crippen molar-refractivity contribution < 1.29 is 14.1 Å². The van der Waals surface area contributed by atoms with E-state index in [4.69, 9.17) is 9.26 Å². The van der Waals surface area contributed by atoms with Crippen LogP contribution in [0.5, 0.6) is 5.75 Å². The highest BCUT2D eigenvalue weighted by atomic mass is 16.5. The maximum atomic E-state index is 12.4. The molecular formula is C20H28N4O3. The van der Waals surface area contributed by atoms with Crippen LogP contribution in [-0.2, 0) is 12.8 Å². The molecule has 1 aromatic heterocycles. The fourth-order valence-electron chi connectivity index (χ4n) is 3.24. The number of hydrogen-bond acceptors (Lipinski definition) is 5. The van der Waals surface area contributed by atoms with Gasteiger partial charge in [-0.1, -0.05) is 30.3 Å². The van der Waals surface area contributed by atoms with Crippen LogP contribution in [0.4, 0.5) is 4.79 Å². The van der Waals surface area contributed by atoms with Crippen LogP contribution in [0.2, 0.25) is 0 Å². The second-order valence-electron chi connectivity index (χ2n) is 6.97. The second kappa shape index (κ2) is 9.39. The summed E-state index contributed by atoms with van der Waals surface area (Å²) < 4.78 is 11.0. The van der Waals surface area contributed by atoms with Crippen molar-refractivity contribution in [2.24, 2.45) is 5.92 Å². The molecule has 1 saturated heterocycles. The van der Waals surface area contributed by atoms with Gasteiger partial charge in [0.2, 0.25) is 5.89 Å². The quantitative estimate of drug-likeness (QED) is 0.808. The molecule has 7 nitrogen and oxygen atoms in total. The van der Waals surface area contributed by atoms with Crippen molar-refractivity contribution in [2.45, 2.75) is 39.5 Å². The maximum Gasteiger partial charge on any atom is 0.317 e. The van der Waals surface area contributed by atoms with Crippen LogP contribution in [0, 0.1) is 12.8 Å². The minimum Gasteiger partial charge on any atom is -0.493 e. The van der Waals surface area contributed by atoms with E-state index in [2.05, 4.69) is 15.5 Å². The Hall–Kier alpha value is -2.57. The van der Waals surface area contributed by atoms with Crippen molar-refractivity contribution in [3.05, 3.63) is 41.5 Å².